The lowest BCUT2D eigenvalue weighted by Crippen LogP contribution is -2.20. The van der Waals surface area contributed by atoms with E-state index in [4.69, 9.17) is 5.73 Å². The first-order chi connectivity index (χ1) is 8.16. The molecule has 0 atom stereocenters. The molecule has 0 heterocycles. The molecule has 1 saturated carbocycles. The Balaban J connectivity index is 2.16. The number of amidine groups is 1. The van der Waals surface area contributed by atoms with Crippen LogP contribution in [-0.2, 0) is 0 Å². The van der Waals surface area contributed by atoms with Crippen LogP contribution in [-0.4, -0.2) is 19.9 Å². The summed E-state index contributed by atoms with van der Waals surface area (Å²) in [5, 5.41) is 0. The van der Waals surface area contributed by atoms with Gasteiger partial charge in [0.2, 0.25) is 0 Å². The first-order valence-electron chi connectivity index (χ1n) is 6.28. The molecule has 1 aromatic carbocycles. The van der Waals surface area contributed by atoms with Crippen molar-refractivity contribution >= 4 is 17.2 Å². The topological polar surface area (TPSA) is 41.6 Å². The Hall–Kier alpha value is -1.51. The fourth-order valence-corrected chi connectivity index (χ4v) is 2.30. The van der Waals surface area contributed by atoms with Crippen LogP contribution >= 0.6 is 0 Å². The molecule has 0 aromatic heterocycles. The van der Waals surface area contributed by atoms with Crippen molar-refractivity contribution in [3.05, 3.63) is 24.3 Å². The molecule has 0 aliphatic heterocycles. The number of hydrogen-bond acceptors (Lipinski definition) is 2. The summed E-state index contributed by atoms with van der Waals surface area (Å²) in [5.74, 6) is 1.30. The van der Waals surface area contributed by atoms with Gasteiger partial charge in [-0.2, -0.15) is 0 Å². The van der Waals surface area contributed by atoms with Gasteiger partial charge >= 0.3 is 0 Å². The largest absolute Gasteiger partial charge is 0.387 e. The highest BCUT2D eigenvalue weighted by Crippen LogP contribution is 2.27. The highest BCUT2D eigenvalue weighted by atomic mass is 15.1. The van der Waals surface area contributed by atoms with E-state index in [9.17, 15) is 0 Å². The van der Waals surface area contributed by atoms with Gasteiger partial charge in [-0.1, -0.05) is 18.9 Å². The van der Waals surface area contributed by atoms with Gasteiger partial charge in [0.25, 0.3) is 0 Å². The maximum Gasteiger partial charge on any atom is 0.103 e. The van der Waals surface area contributed by atoms with Gasteiger partial charge in [0.05, 0.1) is 5.69 Å². The molecule has 0 saturated heterocycles. The quantitative estimate of drug-likeness (QED) is 0.642. The molecule has 0 spiro atoms. The first-order valence-corrected chi connectivity index (χ1v) is 6.28. The fraction of sp³-hybridized carbons (Fsp3) is 0.500. The first kappa shape index (κ1) is 12.0. The standard InChI is InChI=1S/C14H21N3/c1-17(2)13-9-5-8-12(10-13)16-14(15)11-6-3-4-7-11/h5,8-11H,3-4,6-7H2,1-2H3,(H2,15,16). The molecule has 1 aliphatic carbocycles. The van der Waals surface area contributed by atoms with Crippen LogP contribution in [0.4, 0.5) is 11.4 Å². The van der Waals surface area contributed by atoms with Crippen LogP contribution in [0.25, 0.3) is 0 Å². The van der Waals surface area contributed by atoms with Crippen LogP contribution in [0.15, 0.2) is 29.3 Å². The normalized spacial score (nSPS) is 17.4. The molecule has 1 aliphatic rings. The van der Waals surface area contributed by atoms with Crippen LogP contribution in [0, 0.1) is 5.92 Å². The summed E-state index contributed by atoms with van der Waals surface area (Å²) in [4.78, 5) is 6.63. The monoisotopic (exact) mass is 231 g/mol. The van der Waals surface area contributed by atoms with Gasteiger partial charge in [-0.3, -0.25) is 0 Å². The predicted molar refractivity (Wildman–Crippen MR) is 74.0 cm³/mol. The third-order valence-corrected chi connectivity index (χ3v) is 3.38. The minimum Gasteiger partial charge on any atom is -0.387 e. The lowest BCUT2D eigenvalue weighted by atomic mass is 10.1. The minimum atomic E-state index is 0.498. The Morgan fingerprint density at radius 1 is 1.29 bits per heavy atom. The molecule has 3 heteroatoms. The Labute approximate surface area is 103 Å². The summed E-state index contributed by atoms with van der Waals surface area (Å²) in [6.07, 6.45) is 4.97. The SMILES string of the molecule is CN(C)c1cccc(N=C(N)C2CCCC2)c1. The Morgan fingerprint density at radius 3 is 2.65 bits per heavy atom. The van der Waals surface area contributed by atoms with Crippen molar-refractivity contribution in [1.29, 1.82) is 0 Å². The van der Waals surface area contributed by atoms with Gasteiger partial charge in [-0.15, -0.1) is 0 Å². The fourth-order valence-electron chi connectivity index (χ4n) is 2.30. The maximum absolute atomic E-state index is 6.07. The zero-order valence-corrected chi connectivity index (χ0v) is 10.7. The maximum atomic E-state index is 6.07. The van der Waals surface area contributed by atoms with Gasteiger partial charge in [0.15, 0.2) is 0 Å². The zero-order chi connectivity index (χ0) is 12.3. The second-order valence-corrected chi connectivity index (χ2v) is 4.93. The molecular weight excluding hydrogens is 210 g/mol. The molecule has 17 heavy (non-hydrogen) atoms. The lowest BCUT2D eigenvalue weighted by Gasteiger charge is -2.13. The van der Waals surface area contributed by atoms with Crippen LogP contribution in [0.3, 0.4) is 0 Å². The van der Waals surface area contributed by atoms with Crippen molar-refractivity contribution in [2.45, 2.75) is 25.7 Å². The number of nitrogens with zero attached hydrogens (tertiary/aromatic N) is 2. The van der Waals surface area contributed by atoms with Crippen LogP contribution in [0.1, 0.15) is 25.7 Å². The van der Waals surface area contributed by atoms with Crippen molar-refractivity contribution in [3.63, 3.8) is 0 Å². The summed E-state index contributed by atoms with van der Waals surface area (Å²) in [7, 11) is 4.06. The second-order valence-electron chi connectivity index (χ2n) is 4.93. The van der Waals surface area contributed by atoms with E-state index in [0.717, 1.165) is 17.2 Å². The molecule has 92 valence electrons. The molecule has 0 bridgehead atoms. The number of rotatable bonds is 3. The van der Waals surface area contributed by atoms with Crippen molar-refractivity contribution in [2.75, 3.05) is 19.0 Å². The van der Waals surface area contributed by atoms with E-state index < -0.39 is 0 Å². The number of hydrogen-bond donors (Lipinski definition) is 1. The van der Waals surface area contributed by atoms with E-state index in [1.54, 1.807) is 0 Å². The van der Waals surface area contributed by atoms with Crippen molar-refractivity contribution in [1.82, 2.24) is 0 Å². The van der Waals surface area contributed by atoms with Gasteiger partial charge in [-0.25, -0.2) is 4.99 Å². The van der Waals surface area contributed by atoms with Gasteiger partial charge in [0.1, 0.15) is 5.84 Å². The molecule has 2 N–H and O–H groups in total. The van der Waals surface area contributed by atoms with Crippen molar-refractivity contribution in [2.24, 2.45) is 16.6 Å². The molecule has 0 radical (unpaired) electrons. The van der Waals surface area contributed by atoms with E-state index in [1.807, 2.05) is 26.2 Å². The third-order valence-electron chi connectivity index (χ3n) is 3.38. The molecular formula is C14H21N3. The van der Waals surface area contributed by atoms with Crippen LogP contribution in [0.5, 0.6) is 0 Å². The molecule has 0 amide bonds. The van der Waals surface area contributed by atoms with Crippen molar-refractivity contribution in [3.8, 4) is 0 Å². The lowest BCUT2D eigenvalue weighted by molar-refractivity contribution is 0.722. The Morgan fingerprint density at radius 2 is 2.00 bits per heavy atom. The number of aliphatic imine (C=N–C) groups is 1. The Bertz CT molecular complexity index is 404. The molecule has 3 nitrogen and oxygen atoms in total. The van der Waals surface area contributed by atoms with Gasteiger partial charge in [-0.05, 0) is 31.0 Å². The number of benzene rings is 1. The summed E-state index contributed by atoms with van der Waals surface area (Å²) in [6.45, 7) is 0. The van der Waals surface area contributed by atoms with Gasteiger partial charge in [0, 0.05) is 25.7 Å². The van der Waals surface area contributed by atoms with E-state index in [0.29, 0.717) is 5.92 Å². The highest BCUT2D eigenvalue weighted by Gasteiger charge is 2.18. The zero-order valence-electron chi connectivity index (χ0n) is 10.7. The summed E-state index contributed by atoms with van der Waals surface area (Å²) in [6, 6.07) is 8.18. The minimum absolute atomic E-state index is 0.498. The van der Waals surface area contributed by atoms with Crippen molar-refractivity contribution < 1.29 is 0 Å². The van der Waals surface area contributed by atoms with E-state index in [-0.39, 0.29) is 0 Å². The smallest absolute Gasteiger partial charge is 0.103 e. The number of anilines is 1. The summed E-state index contributed by atoms with van der Waals surface area (Å²) >= 11 is 0. The molecule has 1 fully saturated rings. The van der Waals surface area contributed by atoms with E-state index >= 15 is 0 Å². The Kier molecular flexibility index (Phi) is 3.67. The predicted octanol–water partition coefficient (Wildman–Crippen LogP) is 2.93. The van der Waals surface area contributed by atoms with Gasteiger partial charge < -0.3 is 10.6 Å². The molecule has 1 aromatic rings. The van der Waals surface area contributed by atoms with E-state index in [1.165, 1.54) is 25.7 Å². The highest BCUT2D eigenvalue weighted by molar-refractivity contribution is 5.85. The van der Waals surface area contributed by atoms with Crippen LogP contribution in [0.2, 0.25) is 0 Å². The average Bonchev–Trinajstić information content (AvgIpc) is 2.82. The van der Waals surface area contributed by atoms with Crippen LogP contribution < -0.4 is 10.6 Å². The third kappa shape index (κ3) is 2.99. The van der Waals surface area contributed by atoms with E-state index in [2.05, 4.69) is 22.0 Å². The number of nitrogens with two attached hydrogens (primary N) is 1. The summed E-state index contributed by atoms with van der Waals surface area (Å²) < 4.78 is 0. The average molecular weight is 231 g/mol. The second kappa shape index (κ2) is 5.21. The summed E-state index contributed by atoms with van der Waals surface area (Å²) in [5.41, 5.74) is 8.19. The molecule has 0 unspecified atom stereocenters. The molecule has 2 rings (SSSR count).